The van der Waals surface area contributed by atoms with Gasteiger partial charge >= 0.3 is 6.03 Å². The largest absolute Gasteiger partial charge is 0.346 e. The van der Waals surface area contributed by atoms with Crippen molar-refractivity contribution in [3.8, 4) is 0 Å². The van der Waals surface area contributed by atoms with E-state index in [0.29, 0.717) is 19.4 Å². The van der Waals surface area contributed by atoms with Gasteiger partial charge in [0.1, 0.15) is 12.1 Å². The molecule has 1 aliphatic heterocycles. The Balaban J connectivity index is 2.30. The fourth-order valence-electron chi connectivity index (χ4n) is 5.36. The summed E-state index contributed by atoms with van der Waals surface area (Å²) in [6.07, 6.45) is 2.34. The smallest absolute Gasteiger partial charge is 0.315 e. The van der Waals surface area contributed by atoms with Crippen LogP contribution >= 0.6 is 0 Å². The average molecular weight is 534 g/mol. The molecule has 0 radical (unpaired) electrons. The van der Waals surface area contributed by atoms with Crippen LogP contribution in [0.15, 0.2) is 12.7 Å². The standard InChI is InChI=1S/C28H47N5O5/c1-11-13-17(20(34)23(36)29-14-12-2)30-22(35)19-18-16(28(18,9)10)15-33(19)24(37)21(26(3,4)5)31-25(38)32-27(6,7)8/h12,16-19,21H,2,11,13-15H2,1,3-10H3,(H,29,36)(H,30,35)(H2,31,32,38)/t16-,17?,18-,19-,21+/m0/s1. The number of likely N-dealkylation sites (tertiary alicyclic amines) is 1. The van der Waals surface area contributed by atoms with Crippen LogP contribution in [0.4, 0.5) is 4.79 Å². The molecule has 2 aliphatic rings. The first-order valence-corrected chi connectivity index (χ1v) is 13.5. The fraction of sp³-hybridized carbons (Fsp3) is 0.750. The van der Waals surface area contributed by atoms with Crippen molar-refractivity contribution in [2.24, 2.45) is 22.7 Å². The molecule has 1 unspecified atom stereocenters. The zero-order valence-corrected chi connectivity index (χ0v) is 24.5. The van der Waals surface area contributed by atoms with E-state index in [1.165, 1.54) is 6.08 Å². The number of fused-ring (bicyclic) bond motifs is 1. The van der Waals surface area contributed by atoms with E-state index in [1.54, 1.807) is 4.90 Å². The van der Waals surface area contributed by atoms with Crippen molar-refractivity contribution in [3.63, 3.8) is 0 Å². The average Bonchev–Trinajstić information content (AvgIpc) is 3.11. The number of carbonyl (C=O) groups excluding carboxylic acids is 5. The van der Waals surface area contributed by atoms with Crippen LogP contribution in [-0.4, -0.2) is 71.2 Å². The van der Waals surface area contributed by atoms with Gasteiger partial charge in [0.2, 0.25) is 17.6 Å². The minimum Gasteiger partial charge on any atom is -0.346 e. The highest BCUT2D eigenvalue weighted by molar-refractivity contribution is 6.38. The summed E-state index contributed by atoms with van der Waals surface area (Å²) in [7, 11) is 0. The Labute approximate surface area is 227 Å². The predicted molar refractivity (Wildman–Crippen MR) is 146 cm³/mol. The topological polar surface area (TPSA) is 137 Å². The van der Waals surface area contributed by atoms with E-state index < -0.39 is 52.7 Å². The zero-order valence-electron chi connectivity index (χ0n) is 24.5. The molecule has 1 heterocycles. The van der Waals surface area contributed by atoms with Crippen LogP contribution in [-0.2, 0) is 19.2 Å². The molecular formula is C28H47N5O5. The number of nitrogens with zero attached hydrogens (tertiary/aromatic N) is 1. The number of piperidine rings is 1. The van der Waals surface area contributed by atoms with E-state index in [-0.39, 0.29) is 29.7 Å². The van der Waals surface area contributed by atoms with E-state index in [1.807, 2.05) is 48.5 Å². The monoisotopic (exact) mass is 533 g/mol. The van der Waals surface area contributed by atoms with E-state index in [9.17, 15) is 24.0 Å². The highest BCUT2D eigenvalue weighted by Gasteiger charge is 2.69. The molecule has 10 heteroatoms. The predicted octanol–water partition coefficient (Wildman–Crippen LogP) is 2.14. The van der Waals surface area contributed by atoms with Crippen LogP contribution in [0.3, 0.4) is 0 Å². The number of hydrogen-bond donors (Lipinski definition) is 4. The number of Topliss-reactive ketones (excluding diaryl/α,β-unsaturated/α-hetero) is 1. The van der Waals surface area contributed by atoms with Gasteiger partial charge in [0.25, 0.3) is 5.91 Å². The van der Waals surface area contributed by atoms with Gasteiger partial charge in [-0.25, -0.2) is 4.79 Å². The van der Waals surface area contributed by atoms with Crippen molar-refractivity contribution in [1.82, 2.24) is 26.2 Å². The third-order valence-corrected chi connectivity index (χ3v) is 7.48. The van der Waals surface area contributed by atoms with Crippen LogP contribution in [0.25, 0.3) is 0 Å². The van der Waals surface area contributed by atoms with Gasteiger partial charge in [-0.3, -0.25) is 19.2 Å². The molecule has 0 aromatic rings. The second-order valence-corrected chi connectivity index (χ2v) is 13.2. The molecule has 2 rings (SSSR count). The number of nitrogens with one attached hydrogen (secondary N) is 4. The number of urea groups is 1. The van der Waals surface area contributed by atoms with Crippen molar-refractivity contribution in [1.29, 1.82) is 0 Å². The van der Waals surface area contributed by atoms with Crippen LogP contribution in [0.1, 0.15) is 75.2 Å². The van der Waals surface area contributed by atoms with E-state index in [2.05, 4.69) is 41.7 Å². The molecule has 4 N–H and O–H groups in total. The SMILES string of the molecule is C=CCNC(=O)C(=O)C(CCC)NC(=O)[C@@H]1[C@@H]2[C@H](CN1C(=O)[C@@H](NC(=O)NC(C)(C)C)C(C)(C)C)C2(C)C. The lowest BCUT2D eigenvalue weighted by Gasteiger charge is -2.38. The van der Waals surface area contributed by atoms with Gasteiger partial charge in [-0.15, -0.1) is 6.58 Å². The van der Waals surface area contributed by atoms with E-state index in [4.69, 9.17) is 0 Å². The Hall–Kier alpha value is -2.91. The van der Waals surface area contributed by atoms with Gasteiger partial charge in [-0.1, -0.05) is 54.0 Å². The molecule has 0 bridgehead atoms. The van der Waals surface area contributed by atoms with Gasteiger partial charge in [0, 0.05) is 18.6 Å². The first-order chi connectivity index (χ1) is 17.4. The molecule has 1 saturated heterocycles. The van der Waals surface area contributed by atoms with Crippen LogP contribution in [0.5, 0.6) is 0 Å². The third-order valence-electron chi connectivity index (χ3n) is 7.48. The lowest BCUT2D eigenvalue weighted by atomic mass is 9.85. The van der Waals surface area contributed by atoms with Crippen molar-refractivity contribution in [2.75, 3.05) is 13.1 Å². The van der Waals surface area contributed by atoms with Gasteiger partial charge in [-0.05, 0) is 49.9 Å². The maximum atomic E-state index is 13.9. The molecule has 38 heavy (non-hydrogen) atoms. The van der Waals surface area contributed by atoms with E-state index in [0.717, 1.165) is 0 Å². The Bertz CT molecular complexity index is 962. The first kappa shape index (κ1) is 31.3. The summed E-state index contributed by atoms with van der Waals surface area (Å²) in [4.78, 5) is 67.0. The lowest BCUT2D eigenvalue weighted by Crippen LogP contribution is -2.62. The maximum Gasteiger partial charge on any atom is 0.315 e. The molecule has 5 atom stereocenters. The second kappa shape index (κ2) is 11.5. The summed E-state index contributed by atoms with van der Waals surface area (Å²) >= 11 is 0. The Morgan fingerprint density at radius 2 is 1.66 bits per heavy atom. The number of carbonyl (C=O) groups is 5. The summed E-state index contributed by atoms with van der Waals surface area (Å²) in [5.74, 6) is -2.25. The van der Waals surface area contributed by atoms with Crippen molar-refractivity contribution in [2.45, 2.75) is 98.8 Å². The molecule has 10 nitrogen and oxygen atoms in total. The maximum absolute atomic E-state index is 13.9. The summed E-state index contributed by atoms with van der Waals surface area (Å²) in [5, 5.41) is 10.9. The third kappa shape index (κ3) is 7.14. The quantitative estimate of drug-likeness (QED) is 0.252. The van der Waals surface area contributed by atoms with Crippen LogP contribution in [0, 0.1) is 22.7 Å². The first-order valence-electron chi connectivity index (χ1n) is 13.5. The minimum atomic E-state index is -0.996. The van der Waals surface area contributed by atoms with Gasteiger partial charge in [0.05, 0.1) is 6.04 Å². The van der Waals surface area contributed by atoms with Crippen LogP contribution in [0.2, 0.25) is 0 Å². The normalized spacial score (nSPS) is 23.4. The molecule has 214 valence electrons. The van der Waals surface area contributed by atoms with Crippen molar-refractivity contribution < 1.29 is 24.0 Å². The molecule has 1 saturated carbocycles. The Kier molecular flexibility index (Phi) is 9.44. The number of amides is 5. The van der Waals surface area contributed by atoms with Crippen molar-refractivity contribution in [3.05, 3.63) is 12.7 Å². The molecule has 0 spiro atoms. The number of rotatable bonds is 10. The number of hydrogen-bond acceptors (Lipinski definition) is 5. The van der Waals surface area contributed by atoms with Gasteiger partial charge < -0.3 is 26.2 Å². The summed E-state index contributed by atoms with van der Waals surface area (Å²) in [6.45, 7) is 21.2. The molecule has 0 aromatic heterocycles. The number of ketones is 1. The Morgan fingerprint density at radius 1 is 1.05 bits per heavy atom. The minimum absolute atomic E-state index is 0.0811. The van der Waals surface area contributed by atoms with Crippen LogP contribution < -0.4 is 21.3 Å². The summed E-state index contributed by atoms with van der Waals surface area (Å²) in [5.41, 5.74) is -1.26. The summed E-state index contributed by atoms with van der Waals surface area (Å²) < 4.78 is 0. The molecule has 5 amide bonds. The lowest BCUT2D eigenvalue weighted by molar-refractivity contribution is -0.145. The Morgan fingerprint density at radius 3 is 2.16 bits per heavy atom. The molecule has 1 aliphatic carbocycles. The molecule has 2 fully saturated rings. The zero-order chi connectivity index (χ0) is 29.2. The second-order valence-electron chi connectivity index (χ2n) is 13.2. The van der Waals surface area contributed by atoms with Crippen molar-refractivity contribution >= 4 is 29.5 Å². The fourth-order valence-corrected chi connectivity index (χ4v) is 5.36. The van der Waals surface area contributed by atoms with Gasteiger partial charge in [0.15, 0.2) is 0 Å². The molecular weight excluding hydrogens is 486 g/mol. The summed E-state index contributed by atoms with van der Waals surface area (Å²) in [6, 6.07) is -3.14. The highest BCUT2D eigenvalue weighted by Crippen LogP contribution is 2.65. The molecule has 0 aromatic carbocycles. The van der Waals surface area contributed by atoms with E-state index >= 15 is 0 Å². The van der Waals surface area contributed by atoms with Gasteiger partial charge in [-0.2, -0.15) is 0 Å². The highest BCUT2D eigenvalue weighted by atomic mass is 16.2.